The van der Waals surface area contributed by atoms with Gasteiger partial charge in [0, 0.05) is 0 Å². The van der Waals surface area contributed by atoms with E-state index >= 15 is 0 Å². The van der Waals surface area contributed by atoms with E-state index in [0.29, 0.717) is 14.8 Å². The maximum Gasteiger partial charge on any atom is 0.149 e. The minimum atomic E-state index is 0.341. The summed E-state index contributed by atoms with van der Waals surface area (Å²) in [7, 11) is 0. The van der Waals surface area contributed by atoms with Gasteiger partial charge in [-0.1, -0.05) is 23.2 Å². The smallest absolute Gasteiger partial charge is 0.149 e. The second kappa shape index (κ2) is 3.07. The Kier molecular flexibility index (Phi) is 2.55. The van der Waals surface area contributed by atoms with Gasteiger partial charge in [0.1, 0.15) is 9.76 Å². The van der Waals surface area contributed by atoms with Gasteiger partial charge >= 0.3 is 0 Å². The third-order valence-corrected chi connectivity index (χ3v) is 2.32. The van der Waals surface area contributed by atoms with Crippen LogP contribution in [0.15, 0.2) is 10.7 Å². The van der Waals surface area contributed by atoms with E-state index in [2.05, 4.69) is 20.9 Å². The molecule has 0 saturated carbocycles. The summed E-state index contributed by atoms with van der Waals surface area (Å²) in [5.74, 6) is 0. The van der Waals surface area contributed by atoms with Crippen molar-refractivity contribution in [2.75, 3.05) is 0 Å². The summed E-state index contributed by atoms with van der Waals surface area (Å²) in [4.78, 5) is 3.88. The van der Waals surface area contributed by atoms with Gasteiger partial charge < -0.3 is 0 Å². The third-order valence-electron chi connectivity index (χ3n) is 1.07. The first-order valence-corrected chi connectivity index (χ1v) is 4.14. The highest BCUT2D eigenvalue weighted by Gasteiger charge is 2.02. The van der Waals surface area contributed by atoms with Crippen molar-refractivity contribution in [2.45, 2.75) is 6.92 Å². The third kappa shape index (κ3) is 1.62. The van der Waals surface area contributed by atoms with E-state index in [4.69, 9.17) is 23.2 Å². The van der Waals surface area contributed by atoms with Crippen LogP contribution in [-0.4, -0.2) is 4.98 Å². The fourth-order valence-corrected chi connectivity index (χ4v) is 1.54. The Morgan fingerprint density at radius 1 is 1.50 bits per heavy atom. The summed E-state index contributed by atoms with van der Waals surface area (Å²) in [5.41, 5.74) is 0.925. The van der Waals surface area contributed by atoms with Crippen LogP contribution in [-0.2, 0) is 0 Å². The number of nitrogens with zero attached hydrogens (tertiary/aromatic N) is 1. The van der Waals surface area contributed by atoms with Crippen molar-refractivity contribution in [3.63, 3.8) is 0 Å². The Bertz CT molecular complexity index is 239. The lowest BCUT2D eigenvalue weighted by molar-refractivity contribution is 1.24. The maximum atomic E-state index is 5.73. The van der Waals surface area contributed by atoms with Crippen LogP contribution in [0, 0.1) is 6.92 Å². The molecule has 0 spiro atoms. The number of hydrogen-bond donors (Lipinski definition) is 0. The van der Waals surface area contributed by atoms with Crippen LogP contribution >= 0.6 is 39.1 Å². The molecule has 0 aliphatic carbocycles. The van der Waals surface area contributed by atoms with Gasteiger partial charge in [-0.25, -0.2) is 4.98 Å². The van der Waals surface area contributed by atoms with Crippen LogP contribution in [0.4, 0.5) is 0 Å². The zero-order valence-electron chi connectivity index (χ0n) is 5.16. The minimum Gasteiger partial charge on any atom is -0.228 e. The van der Waals surface area contributed by atoms with Gasteiger partial charge in [0.15, 0.2) is 0 Å². The molecule has 10 heavy (non-hydrogen) atoms. The Morgan fingerprint density at radius 3 is 2.60 bits per heavy atom. The van der Waals surface area contributed by atoms with Gasteiger partial charge in [-0.3, -0.25) is 0 Å². The van der Waals surface area contributed by atoms with Crippen LogP contribution in [0.1, 0.15) is 5.56 Å². The van der Waals surface area contributed by atoms with E-state index < -0.39 is 0 Å². The van der Waals surface area contributed by atoms with Gasteiger partial charge in [-0.2, -0.15) is 0 Å². The van der Waals surface area contributed by atoms with Crippen LogP contribution in [0.5, 0.6) is 0 Å². The Labute approximate surface area is 77.5 Å². The highest BCUT2D eigenvalue weighted by molar-refractivity contribution is 9.10. The lowest BCUT2D eigenvalue weighted by Crippen LogP contribution is -1.82. The number of halogens is 3. The standard InChI is InChI=1S/C6H4BrCl2N/c1-3-2-4(7)10-6(9)5(3)8/h2H,1H3. The van der Waals surface area contributed by atoms with Crippen LogP contribution in [0.3, 0.4) is 0 Å². The van der Waals surface area contributed by atoms with Crippen LogP contribution in [0.25, 0.3) is 0 Å². The van der Waals surface area contributed by atoms with E-state index in [-0.39, 0.29) is 0 Å². The van der Waals surface area contributed by atoms with Gasteiger partial charge in [0.05, 0.1) is 5.02 Å². The van der Waals surface area contributed by atoms with E-state index in [1.165, 1.54) is 0 Å². The Hall–Kier alpha value is 0.210. The molecule has 0 saturated heterocycles. The largest absolute Gasteiger partial charge is 0.228 e. The SMILES string of the molecule is Cc1cc(Br)nc(Cl)c1Cl. The zero-order chi connectivity index (χ0) is 7.72. The van der Waals surface area contributed by atoms with Gasteiger partial charge in [-0.15, -0.1) is 0 Å². The summed E-state index contributed by atoms with van der Waals surface area (Å²) >= 11 is 14.6. The molecular formula is C6H4BrCl2N. The zero-order valence-corrected chi connectivity index (χ0v) is 8.26. The monoisotopic (exact) mass is 239 g/mol. The topological polar surface area (TPSA) is 12.9 Å². The van der Waals surface area contributed by atoms with Crippen LogP contribution in [0.2, 0.25) is 10.2 Å². The molecule has 0 fully saturated rings. The number of aromatic nitrogens is 1. The molecule has 1 aromatic rings. The van der Waals surface area contributed by atoms with E-state index in [9.17, 15) is 0 Å². The molecule has 0 bridgehead atoms. The average Bonchev–Trinajstić information content (AvgIpc) is 1.82. The molecule has 1 rings (SSSR count). The molecular weight excluding hydrogens is 237 g/mol. The van der Waals surface area contributed by atoms with Crippen molar-refractivity contribution in [3.05, 3.63) is 26.4 Å². The maximum absolute atomic E-state index is 5.73. The Balaban J connectivity index is 3.31. The number of rotatable bonds is 0. The van der Waals surface area contributed by atoms with Gasteiger partial charge in [0.25, 0.3) is 0 Å². The highest BCUT2D eigenvalue weighted by Crippen LogP contribution is 2.25. The molecule has 0 N–H and O–H groups in total. The molecule has 1 aromatic heterocycles. The molecule has 0 aliphatic heterocycles. The molecule has 0 radical (unpaired) electrons. The normalized spacial score (nSPS) is 10.0. The number of aryl methyl sites for hydroxylation is 1. The molecule has 1 nitrogen and oxygen atoms in total. The van der Waals surface area contributed by atoms with Crippen molar-refractivity contribution in [1.29, 1.82) is 0 Å². The predicted octanol–water partition coefficient (Wildman–Crippen LogP) is 3.46. The summed E-state index contributed by atoms with van der Waals surface area (Å²) in [6.45, 7) is 1.88. The van der Waals surface area contributed by atoms with Crippen molar-refractivity contribution in [3.8, 4) is 0 Å². The van der Waals surface area contributed by atoms with Gasteiger partial charge in [0.2, 0.25) is 0 Å². The first-order chi connectivity index (χ1) is 4.61. The second-order valence-corrected chi connectivity index (χ2v) is 3.42. The van der Waals surface area contributed by atoms with E-state index in [1.54, 1.807) is 0 Å². The quantitative estimate of drug-likeness (QED) is 0.633. The fraction of sp³-hybridized carbons (Fsp3) is 0.167. The molecule has 0 aromatic carbocycles. The summed E-state index contributed by atoms with van der Waals surface area (Å²) in [5, 5.41) is 0.860. The molecule has 0 unspecified atom stereocenters. The van der Waals surface area contributed by atoms with Crippen molar-refractivity contribution in [1.82, 2.24) is 4.98 Å². The number of hydrogen-bond acceptors (Lipinski definition) is 1. The lowest BCUT2D eigenvalue weighted by Gasteiger charge is -1.98. The molecule has 0 amide bonds. The van der Waals surface area contributed by atoms with E-state index in [0.717, 1.165) is 5.56 Å². The summed E-state index contributed by atoms with van der Waals surface area (Å²) < 4.78 is 0.708. The summed E-state index contributed by atoms with van der Waals surface area (Å²) in [6.07, 6.45) is 0. The first kappa shape index (κ1) is 8.31. The second-order valence-electron chi connectivity index (χ2n) is 1.87. The Morgan fingerprint density at radius 2 is 2.10 bits per heavy atom. The van der Waals surface area contributed by atoms with Gasteiger partial charge in [-0.05, 0) is 34.5 Å². The molecule has 0 aliphatic rings. The fourth-order valence-electron chi connectivity index (χ4n) is 0.580. The minimum absolute atomic E-state index is 0.341. The van der Waals surface area contributed by atoms with Crippen molar-refractivity contribution >= 4 is 39.1 Å². The summed E-state index contributed by atoms with van der Waals surface area (Å²) in [6, 6.07) is 1.81. The number of pyridine rings is 1. The molecule has 0 atom stereocenters. The van der Waals surface area contributed by atoms with Crippen molar-refractivity contribution in [2.24, 2.45) is 0 Å². The van der Waals surface area contributed by atoms with Crippen molar-refractivity contribution < 1.29 is 0 Å². The first-order valence-electron chi connectivity index (χ1n) is 2.59. The highest BCUT2D eigenvalue weighted by atomic mass is 79.9. The molecule has 54 valence electrons. The lowest BCUT2D eigenvalue weighted by atomic mass is 10.3. The average molecular weight is 241 g/mol. The predicted molar refractivity (Wildman–Crippen MR) is 46.7 cm³/mol. The molecule has 4 heteroatoms. The van der Waals surface area contributed by atoms with Crippen LogP contribution < -0.4 is 0 Å². The van der Waals surface area contributed by atoms with E-state index in [1.807, 2.05) is 13.0 Å². The molecule has 1 heterocycles.